The van der Waals surface area contributed by atoms with Crippen LogP contribution in [0.2, 0.25) is 0 Å². The molecule has 99 heavy (non-hydrogen) atoms. The fourth-order valence-electron chi connectivity index (χ4n) is 9.13. The molecule has 11 rings (SSSR count). The van der Waals surface area contributed by atoms with Gasteiger partial charge in [0.05, 0.1) is 9.79 Å². The van der Waals surface area contributed by atoms with E-state index in [0.717, 1.165) is 33.1 Å². The van der Waals surface area contributed by atoms with E-state index in [1.165, 1.54) is 94.8 Å². The van der Waals surface area contributed by atoms with Crippen LogP contribution in [0.1, 0.15) is 84.5 Å². The molecule has 520 valence electrons. The smallest absolute Gasteiger partial charge is 0.206 e. The standard InChI is InChI=1S/C15H14OS.C15H16S2.C14H14O2S2.C14H14OS.C10H14S.C9H12S.C8H10S.CH4/c1-11-3-5-12(6-4-11)15(16)13-7-9-14(17-2)10-8-13;1-11-4-7-13(8-5-11)17-15-10-12(2)6-9-14(15)16-3;1-11-3-7-13(8-4-11)18(15,16)14-9-5-12(17-2)6-10-14;1-11-3-5-12(6-4-11)15-13-7-9-14(16-2)10-8-13;1-7-5-9(3)10(11-4)6-8(7)2;1-7-4-5-9(10-3)8(2)6-7;1-7-4-3-5-8(6-7)9-2;/h3-10H,1-2H3;4-10H,1-3H3;3-10H,1-2H3;3-10H,1-2H3;5-6H,1-4H3;4-6H,1-3H3;3-6H,1-2H3;1H4. The number of aryl methyl sites for hydroxylation is 11. The predicted molar refractivity (Wildman–Crippen MR) is 445 cm³/mol. The SMILES string of the molecule is C.CSc1cc(C)c(C)cc1C.CSc1ccc(C(=O)c2ccc(C)cc2)cc1.CSc1ccc(C)cc1C.CSc1ccc(C)cc1Sc1ccc(C)cc1.CSc1ccc(Oc2ccc(C)cc2)cc1.CSc1ccc(S(=O)(=O)c2ccc(C)cc2)cc1.CSc1cccc(C)c1. The molecule has 4 nitrogen and oxygen atoms in total. The van der Waals surface area contributed by atoms with Crippen LogP contribution < -0.4 is 4.74 Å². The van der Waals surface area contributed by atoms with E-state index in [1.54, 1.807) is 94.8 Å². The largest absolute Gasteiger partial charge is 0.457 e. The molecule has 0 saturated carbocycles. The second-order valence-corrected chi connectivity index (χ2v) is 32.1. The highest BCUT2D eigenvalue weighted by Crippen LogP contribution is 2.36. The molecular weight excluding hydrogens is 1390 g/mol. The van der Waals surface area contributed by atoms with Gasteiger partial charge in [0.1, 0.15) is 11.5 Å². The average Bonchev–Trinajstić information content (AvgIpc) is 0.810. The summed E-state index contributed by atoms with van der Waals surface area (Å²) in [6.07, 6.45) is 14.5. The molecule has 0 aromatic heterocycles. The third-order valence-electron chi connectivity index (χ3n) is 15.0. The molecule has 0 bridgehead atoms. The first-order valence-corrected chi connectivity index (χ1v) is 42.6. The molecule has 0 radical (unpaired) electrons. The molecule has 0 aliphatic carbocycles. The van der Waals surface area contributed by atoms with Crippen LogP contribution in [0.25, 0.3) is 0 Å². The Morgan fingerprint density at radius 3 is 1.07 bits per heavy atom. The van der Waals surface area contributed by atoms with Crippen molar-refractivity contribution in [2.75, 3.05) is 43.8 Å². The van der Waals surface area contributed by atoms with Gasteiger partial charge < -0.3 is 4.74 Å². The van der Waals surface area contributed by atoms with Gasteiger partial charge in [-0.2, -0.15) is 0 Å². The zero-order valence-corrected chi connectivity index (χ0v) is 67.2. The average molecular weight is 1480 g/mol. The third-order valence-corrected chi connectivity index (χ3v) is 23.5. The lowest BCUT2D eigenvalue weighted by molar-refractivity contribution is 0.103. The lowest BCUT2D eigenvalue weighted by Gasteiger charge is -2.08. The predicted octanol–water partition coefficient (Wildman–Crippen LogP) is 26.9. The summed E-state index contributed by atoms with van der Waals surface area (Å²) in [4.78, 5) is 24.4. The summed E-state index contributed by atoms with van der Waals surface area (Å²) < 4.78 is 30.4. The Morgan fingerprint density at radius 2 is 0.626 bits per heavy atom. The molecule has 0 fully saturated rings. The van der Waals surface area contributed by atoms with Crippen molar-refractivity contribution < 1.29 is 17.9 Å². The van der Waals surface area contributed by atoms with Crippen molar-refractivity contribution in [2.45, 2.75) is 137 Å². The first-order valence-electron chi connectivity index (χ1n) is 31.8. The van der Waals surface area contributed by atoms with E-state index >= 15 is 0 Å². The summed E-state index contributed by atoms with van der Waals surface area (Å²) in [6.45, 7) is 23.1. The van der Waals surface area contributed by atoms with Crippen LogP contribution in [0, 0.1) is 76.2 Å². The highest BCUT2D eigenvalue weighted by Gasteiger charge is 2.17. The summed E-state index contributed by atoms with van der Waals surface area (Å²) in [7, 11) is -3.39. The van der Waals surface area contributed by atoms with E-state index in [-0.39, 0.29) is 13.2 Å². The third kappa shape index (κ3) is 29.6. The molecule has 0 atom stereocenters. The van der Waals surface area contributed by atoms with E-state index in [4.69, 9.17) is 4.74 Å². The minimum Gasteiger partial charge on any atom is -0.457 e. The van der Waals surface area contributed by atoms with Gasteiger partial charge >= 0.3 is 0 Å². The molecule has 0 aliphatic heterocycles. The molecule has 13 heteroatoms. The Morgan fingerprint density at radius 1 is 0.283 bits per heavy atom. The normalized spacial score (nSPS) is 10.3. The van der Waals surface area contributed by atoms with E-state index in [2.05, 4.69) is 203 Å². The number of benzene rings is 11. The van der Waals surface area contributed by atoms with Gasteiger partial charge in [0.25, 0.3) is 0 Å². The number of hydrogen-bond donors (Lipinski definition) is 0. The van der Waals surface area contributed by atoms with Gasteiger partial charge in [-0.25, -0.2) is 8.42 Å². The van der Waals surface area contributed by atoms with Crippen molar-refractivity contribution >= 4 is 110 Å². The molecule has 0 unspecified atom stereocenters. The number of ketones is 1. The zero-order chi connectivity index (χ0) is 71.7. The molecule has 11 aromatic rings. The van der Waals surface area contributed by atoms with E-state index in [9.17, 15) is 13.2 Å². The van der Waals surface area contributed by atoms with Crippen molar-refractivity contribution in [3.05, 3.63) is 315 Å². The van der Waals surface area contributed by atoms with Crippen LogP contribution >= 0.6 is 94.1 Å². The van der Waals surface area contributed by atoms with Gasteiger partial charge in [-0.15, -0.1) is 82.3 Å². The van der Waals surface area contributed by atoms with Crippen LogP contribution in [0.15, 0.2) is 297 Å². The van der Waals surface area contributed by atoms with E-state index in [1.807, 2.05) is 159 Å². The summed E-state index contributed by atoms with van der Waals surface area (Å²) in [6, 6.07) is 80.3. The second-order valence-electron chi connectivity index (χ2n) is 23.0. The Balaban J connectivity index is 0.000000248. The quantitative estimate of drug-likeness (QED) is 0.0726. The molecule has 0 saturated heterocycles. The Labute approximate surface area is 629 Å². The summed E-state index contributed by atoms with van der Waals surface area (Å²) in [5.74, 6) is 1.84. The number of carbonyl (C=O) groups is 1. The van der Waals surface area contributed by atoms with E-state index in [0.29, 0.717) is 9.79 Å². The van der Waals surface area contributed by atoms with Crippen LogP contribution in [0.3, 0.4) is 0 Å². The first-order chi connectivity index (χ1) is 46.9. The lowest BCUT2D eigenvalue weighted by Crippen LogP contribution is -2.01. The summed E-state index contributed by atoms with van der Waals surface area (Å²) in [5.41, 5.74) is 15.8. The second kappa shape index (κ2) is 44.8. The molecule has 0 aliphatic rings. The number of hydrogen-bond acceptors (Lipinski definition) is 12. The van der Waals surface area contributed by atoms with Crippen molar-refractivity contribution in [3.63, 3.8) is 0 Å². The highest BCUT2D eigenvalue weighted by atomic mass is 32.2. The summed E-state index contributed by atoms with van der Waals surface area (Å²) in [5, 5.41) is 0. The minimum atomic E-state index is -3.39. The van der Waals surface area contributed by atoms with Gasteiger partial charge in [-0.05, 0) is 293 Å². The minimum absolute atomic E-state index is 0. The lowest BCUT2D eigenvalue weighted by atomic mass is 10.0. The van der Waals surface area contributed by atoms with Crippen LogP contribution in [-0.4, -0.2) is 58.0 Å². The number of thioether (sulfide) groups is 7. The maximum absolute atomic E-state index is 12.3. The molecule has 0 amide bonds. The van der Waals surface area contributed by atoms with Gasteiger partial charge in [0.15, 0.2) is 5.78 Å². The molecule has 11 aromatic carbocycles. The van der Waals surface area contributed by atoms with Crippen LogP contribution in [-0.2, 0) is 9.84 Å². The van der Waals surface area contributed by atoms with Gasteiger partial charge in [-0.3, -0.25) is 4.79 Å². The molecule has 0 spiro atoms. The fraction of sp³-hybridized carbons (Fsp3) is 0.221. The van der Waals surface area contributed by atoms with Crippen LogP contribution in [0.4, 0.5) is 0 Å². The highest BCUT2D eigenvalue weighted by molar-refractivity contribution is 8.02. The summed E-state index contributed by atoms with van der Waals surface area (Å²) >= 11 is 14.0. The van der Waals surface area contributed by atoms with Crippen molar-refractivity contribution in [1.29, 1.82) is 0 Å². The maximum atomic E-state index is 12.3. The topological polar surface area (TPSA) is 60.4 Å². The van der Waals surface area contributed by atoms with Gasteiger partial charge in [0.2, 0.25) is 9.84 Å². The van der Waals surface area contributed by atoms with Gasteiger partial charge in [-0.1, -0.05) is 150 Å². The number of rotatable bonds is 15. The van der Waals surface area contributed by atoms with Crippen molar-refractivity contribution in [2.24, 2.45) is 0 Å². The zero-order valence-electron chi connectivity index (χ0n) is 59.9. The Hall–Kier alpha value is -6.36. The molecular formula is C86H98O4S9. The molecule has 0 heterocycles. The van der Waals surface area contributed by atoms with E-state index < -0.39 is 9.84 Å². The van der Waals surface area contributed by atoms with Crippen molar-refractivity contribution in [3.8, 4) is 11.5 Å². The maximum Gasteiger partial charge on any atom is 0.206 e. The Kier molecular flexibility index (Phi) is 38.5. The first kappa shape index (κ1) is 85.1. The monoisotopic (exact) mass is 1480 g/mol. The number of ether oxygens (including phenoxy) is 1. The van der Waals surface area contributed by atoms with Gasteiger partial charge in [0, 0.05) is 55.2 Å². The Bertz CT molecular complexity index is 4310. The molecule has 0 N–H and O–H groups in total. The fourth-order valence-corrected chi connectivity index (χ4v) is 15.2. The number of carbonyl (C=O) groups excluding carboxylic acids is 1. The van der Waals surface area contributed by atoms with Crippen molar-refractivity contribution in [1.82, 2.24) is 0 Å². The van der Waals surface area contributed by atoms with Crippen LogP contribution in [0.5, 0.6) is 11.5 Å². The number of sulfone groups is 1.